The van der Waals surface area contributed by atoms with Crippen molar-refractivity contribution in [3.05, 3.63) is 0 Å². The van der Waals surface area contributed by atoms with Gasteiger partial charge in [-0.3, -0.25) is 0 Å². The Labute approximate surface area is 71.5 Å². The van der Waals surface area contributed by atoms with Crippen molar-refractivity contribution in [2.45, 2.75) is 36.9 Å². The van der Waals surface area contributed by atoms with Crippen LogP contribution in [0.5, 0.6) is 0 Å². The highest BCUT2D eigenvalue weighted by molar-refractivity contribution is 9.09. The van der Waals surface area contributed by atoms with Crippen molar-refractivity contribution < 1.29 is 0 Å². The molecule has 0 radical (unpaired) electrons. The summed E-state index contributed by atoms with van der Waals surface area (Å²) in [5.74, 6) is 0.906. The maximum Gasteiger partial charge on any atom is 0.0148 e. The number of halogens is 1. The minimum atomic E-state index is 0.776. The zero-order valence-electron chi connectivity index (χ0n) is 6.35. The number of rotatable bonds is 2. The van der Waals surface area contributed by atoms with Crippen LogP contribution in [0.4, 0.5) is 0 Å². The summed E-state index contributed by atoms with van der Waals surface area (Å²) in [4.78, 5) is 0.776. The maximum atomic E-state index is 5.49. The minimum absolute atomic E-state index is 0.776. The van der Waals surface area contributed by atoms with Gasteiger partial charge in [-0.2, -0.15) is 0 Å². The number of hydrogen-bond donors (Lipinski definition) is 1. The molecule has 1 saturated carbocycles. The van der Waals surface area contributed by atoms with Gasteiger partial charge in [0.2, 0.25) is 0 Å². The normalized spacial score (nSPS) is 34.2. The van der Waals surface area contributed by atoms with E-state index in [0.717, 1.165) is 17.3 Å². The smallest absolute Gasteiger partial charge is 0.0148 e. The zero-order chi connectivity index (χ0) is 7.40. The lowest BCUT2D eigenvalue weighted by Gasteiger charge is -2.24. The second-order valence-corrected chi connectivity index (χ2v) is 4.50. The number of hydrogen-bond acceptors (Lipinski definition) is 1. The molecule has 1 nitrogen and oxygen atoms in total. The molecule has 1 fully saturated rings. The molecule has 2 atom stereocenters. The van der Waals surface area contributed by atoms with E-state index in [0.29, 0.717) is 0 Å². The molecule has 1 aliphatic carbocycles. The van der Waals surface area contributed by atoms with Gasteiger partial charge in [0.15, 0.2) is 0 Å². The fraction of sp³-hybridized carbons (Fsp3) is 1.00. The van der Waals surface area contributed by atoms with Crippen LogP contribution < -0.4 is 5.73 Å². The van der Waals surface area contributed by atoms with Gasteiger partial charge in [-0.25, -0.2) is 0 Å². The number of nitrogens with two attached hydrogens (primary N) is 1. The number of alkyl halides is 1. The molecule has 2 N–H and O–H groups in total. The van der Waals surface area contributed by atoms with E-state index in [-0.39, 0.29) is 0 Å². The first-order valence-electron chi connectivity index (χ1n) is 4.17. The Kier molecular flexibility index (Phi) is 3.71. The highest BCUT2D eigenvalue weighted by Crippen LogP contribution is 2.30. The molecule has 0 spiro atoms. The summed E-state index contributed by atoms with van der Waals surface area (Å²) in [7, 11) is 0. The van der Waals surface area contributed by atoms with E-state index in [9.17, 15) is 0 Å². The highest BCUT2D eigenvalue weighted by atomic mass is 79.9. The lowest BCUT2D eigenvalue weighted by Crippen LogP contribution is -2.17. The van der Waals surface area contributed by atoms with Crippen LogP contribution in [0.2, 0.25) is 0 Å². The second-order valence-electron chi connectivity index (χ2n) is 3.21. The first-order chi connectivity index (χ1) is 4.83. The molecule has 0 aromatic carbocycles. The average Bonchev–Trinajstić information content (AvgIpc) is 1.88. The van der Waals surface area contributed by atoms with Crippen LogP contribution in [0, 0.1) is 5.92 Å². The summed E-state index contributed by atoms with van der Waals surface area (Å²) in [5.41, 5.74) is 5.49. The average molecular weight is 206 g/mol. The first-order valence-corrected chi connectivity index (χ1v) is 5.08. The Morgan fingerprint density at radius 3 is 2.80 bits per heavy atom. The van der Waals surface area contributed by atoms with E-state index in [1.807, 2.05) is 0 Å². The van der Waals surface area contributed by atoms with Gasteiger partial charge in [0.05, 0.1) is 0 Å². The van der Waals surface area contributed by atoms with E-state index in [1.165, 1.54) is 32.1 Å². The molecule has 0 aromatic heterocycles. The molecule has 60 valence electrons. The Bertz CT molecular complexity index is 93.3. The highest BCUT2D eigenvalue weighted by Gasteiger charge is 2.18. The lowest BCUT2D eigenvalue weighted by molar-refractivity contribution is 0.353. The SMILES string of the molecule is NCCC1CCCC(Br)C1. The van der Waals surface area contributed by atoms with Crippen LogP contribution in [0.15, 0.2) is 0 Å². The quantitative estimate of drug-likeness (QED) is 0.689. The van der Waals surface area contributed by atoms with Gasteiger partial charge >= 0.3 is 0 Å². The van der Waals surface area contributed by atoms with Crippen LogP contribution in [0.3, 0.4) is 0 Å². The molecule has 0 amide bonds. The molecule has 2 heteroatoms. The summed E-state index contributed by atoms with van der Waals surface area (Å²) < 4.78 is 0. The second kappa shape index (κ2) is 4.35. The van der Waals surface area contributed by atoms with Gasteiger partial charge in [0, 0.05) is 4.83 Å². The van der Waals surface area contributed by atoms with Crippen LogP contribution in [0.25, 0.3) is 0 Å². The van der Waals surface area contributed by atoms with Crippen molar-refractivity contribution in [1.29, 1.82) is 0 Å². The summed E-state index contributed by atoms with van der Waals surface area (Å²) >= 11 is 3.66. The predicted octanol–water partition coefficient (Wildman–Crippen LogP) is 2.29. The molecular weight excluding hydrogens is 190 g/mol. The third-order valence-corrected chi connectivity index (χ3v) is 3.13. The van der Waals surface area contributed by atoms with Crippen LogP contribution in [0.1, 0.15) is 32.1 Å². The van der Waals surface area contributed by atoms with E-state index in [4.69, 9.17) is 5.73 Å². The third-order valence-electron chi connectivity index (χ3n) is 2.29. The van der Waals surface area contributed by atoms with Gasteiger partial charge in [0.25, 0.3) is 0 Å². The molecule has 0 aliphatic heterocycles. The summed E-state index contributed by atoms with van der Waals surface area (Å²) in [6.45, 7) is 0.865. The van der Waals surface area contributed by atoms with Gasteiger partial charge in [-0.05, 0) is 31.7 Å². The van der Waals surface area contributed by atoms with E-state index in [1.54, 1.807) is 0 Å². The van der Waals surface area contributed by atoms with Crippen molar-refractivity contribution in [2.24, 2.45) is 11.7 Å². The van der Waals surface area contributed by atoms with Crippen molar-refractivity contribution in [3.8, 4) is 0 Å². The van der Waals surface area contributed by atoms with Crippen molar-refractivity contribution in [3.63, 3.8) is 0 Å². The van der Waals surface area contributed by atoms with Crippen LogP contribution in [-0.2, 0) is 0 Å². The fourth-order valence-corrected chi connectivity index (χ4v) is 2.58. The molecule has 0 saturated heterocycles. The summed E-state index contributed by atoms with van der Waals surface area (Å²) in [6, 6.07) is 0. The molecule has 0 aromatic rings. The van der Waals surface area contributed by atoms with Crippen LogP contribution >= 0.6 is 15.9 Å². The minimum Gasteiger partial charge on any atom is -0.330 e. The predicted molar refractivity (Wildman–Crippen MR) is 48.3 cm³/mol. The standard InChI is InChI=1S/C8H16BrN/c9-8-3-1-2-7(6-8)4-5-10/h7-8H,1-6,10H2. The van der Waals surface area contributed by atoms with Crippen molar-refractivity contribution >= 4 is 15.9 Å². The summed E-state index contributed by atoms with van der Waals surface area (Å²) in [6.07, 6.45) is 6.72. The molecule has 0 heterocycles. The molecule has 1 rings (SSSR count). The monoisotopic (exact) mass is 205 g/mol. The van der Waals surface area contributed by atoms with E-state index in [2.05, 4.69) is 15.9 Å². The first kappa shape index (κ1) is 8.54. The zero-order valence-corrected chi connectivity index (χ0v) is 7.94. The maximum absolute atomic E-state index is 5.49. The largest absolute Gasteiger partial charge is 0.330 e. The molecular formula is C8H16BrN. The summed E-state index contributed by atoms with van der Waals surface area (Å²) in [5, 5.41) is 0. The third kappa shape index (κ3) is 2.59. The Balaban J connectivity index is 2.18. The fourth-order valence-electron chi connectivity index (χ4n) is 1.72. The molecule has 1 aliphatic rings. The Morgan fingerprint density at radius 2 is 2.20 bits per heavy atom. The van der Waals surface area contributed by atoms with E-state index >= 15 is 0 Å². The van der Waals surface area contributed by atoms with Gasteiger partial charge in [-0.15, -0.1) is 0 Å². The lowest BCUT2D eigenvalue weighted by atomic mass is 9.87. The van der Waals surface area contributed by atoms with Crippen molar-refractivity contribution in [2.75, 3.05) is 6.54 Å². The molecule has 0 bridgehead atoms. The van der Waals surface area contributed by atoms with Crippen LogP contribution in [-0.4, -0.2) is 11.4 Å². The molecule has 10 heavy (non-hydrogen) atoms. The van der Waals surface area contributed by atoms with E-state index < -0.39 is 0 Å². The van der Waals surface area contributed by atoms with Gasteiger partial charge in [-0.1, -0.05) is 28.8 Å². The topological polar surface area (TPSA) is 26.0 Å². The van der Waals surface area contributed by atoms with Gasteiger partial charge < -0.3 is 5.73 Å². The van der Waals surface area contributed by atoms with Gasteiger partial charge in [0.1, 0.15) is 0 Å². The Morgan fingerprint density at radius 1 is 1.40 bits per heavy atom. The van der Waals surface area contributed by atoms with Crippen molar-refractivity contribution in [1.82, 2.24) is 0 Å². The molecule has 2 unspecified atom stereocenters. The Hall–Kier alpha value is 0.440.